The lowest BCUT2D eigenvalue weighted by Gasteiger charge is -2.39. The third kappa shape index (κ3) is 3.73. The van der Waals surface area contributed by atoms with Gasteiger partial charge >= 0.3 is 0 Å². The van der Waals surface area contributed by atoms with Crippen LogP contribution in [0.25, 0.3) is 0 Å². The molecule has 0 spiro atoms. The molecule has 0 amide bonds. The highest BCUT2D eigenvalue weighted by Crippen LogP contribution is 2.27. The molecular weight excluding hydrogens is 326 g/mol. The van der Waals surface area contributed by atoms with Crippen LogP contribution in [-0.4, -0.2) is 66.4 Å². The van der Waals surface area contributed by atoms with Gasteiger partial charge in [0.15, 0.2) is 6.23 Å². The molecule has 2 heterocycles. The molecule has 1 aromatic heterocycles. The van der Waals surface area contributed by atoms with E-state index in [1.807, 2.05) is 12.1 Å². The van der Waals surface area contributed by atoms with Crippen molar-refractivity contribution < 1.29 is 25.2 Å². The zero-order chi connectivity index (χ0) is 18.0. The fourth-order valence-corrected chi connectivity index (χ4v) is 2.92. The average molecular weight is 349 g/mol. The maximum Gasteiger partial charge on any atom is 0.180 e. The quantitative estimate of drug-likeness (QED) is 0.569. The van der Waals surface area contributed by atoms with E-state index in [0.717, 1.165) is 12.0 Å². The van der Waals surface area contributed by atoms with Crippen molar-refractivity contribution in [2.45, 2.75) is 50.4 Å². The van der Waals surface area contributed by atoms with Crippen LogP contribution in [0.2, 0.25) is 0 Å². The molecule has 0 aliphatic carbocycles. The monoisotopic (exact) mass is 349 g/mol. The van der Waals surface area contributed by atoms with Gasteiger partial charge < -0.3 is 25.2 Å². The Balaban J connectivity index is 1.73. The second kappa shape index (κ2) is 7.59. The van der Waals surface area contributed by atoms with Gasteiger partial charge in [0.2, 0.25) is 0 Å². The van der Waals surface area contributed by atoms with Gasteiger partial charge in [-0.1, -0.05) is 36.4 Å². The van der Waals surface area contributed by atoms with Crippen LogP contribution in [0.4, 0.5) is 0 Å². The van der Waals surface area contributed by atoms with Gasteiger partial charge in [-0.2, -0.15) is 0 Å². The predicted octanol–water partition coefficient (Wildman–Crippen LogP) is -0.596. The summed E-state index contributed by atoms with van der Waals surface area (Å²) in [6.45, 7) is 1.62. The highest BCUT2D eigenvalue weighted by Gasteiger charge is 2.44. The minimum absolute atomic E-state index is 0.479. The first kappa shape index (κ1) is 18.0. The molecule has 3 rings (SSSR count). The summed E-state index contributed by atoms with van der Waals surface area (Å²) >= 11 is 0. The summed E-state index contributed by atoms with van der Waals surface area (Å²) in [5.74, 6) is 0. The van der Waals surface area contributed by atoms with E-state index in [1.165, 1.54) is 10.2 Å². The number of aryl methyl sites for hydroxylation is 1. The van der Waals surface area contributed by atoms with E-state index >= 15 is 0 Å². The van der Waals surface area contributed by atoms with Gasteiger partial charge in [0.25, 0.3) is 0 Å². The second-order valence-electron chi connectivity index (χ2n) is 6.26. The molecule has 0 saturated carbocycles. The SMILES string of the molecule is CCc1ccc(Cc2cn([C@@H]3O[C@H](CO)[C@@H](O)[C@H](O)[C@H]3O)nn2)cc1. The zero-order valence-corrected chi connectivity index (χ0v) is 13.9. The number of aliphatic hydroxyl groups is 4. The molecule has 0 bridgehead atoms. The van der Waals surface area contributed by atoms with E-state index in [9.17, 15) is 20.4 Å². The summed E-state index contributed by atoms with van der Waals surface area (Å²) in [6.07, 6.45) is -3.04. The number of rotatable bonds is 5. The highest BCUT2D eigenvalue weighted by molar-refractivity contribution is 5.25. The van der Waals surface area contributed by atoms with Crippen LogP contribution in [0, 0.1) is 0 Å². The number of ether oxygens (including phenoxy) is 1. The van der Waals surface area contributed by atoms with Crippen molar-refractivity contribution in [1.82, 2.24) is 15.0 Å². The van der Waals surface area contributed by atoms with Crippen molar-refractivity contribution in [3.8, 4) is 0 Å². The van der Waals surface area contributed by atoms with Crippen LogP contribution in [0.5, 0.6) is 0 Å². The third-order valence-electron chi connectivity index (χ3n) is 4.50. The predicted molar refractivity (Wildman–Crippen MR) is 87.7 cm³/mol. The van der Waals surface area contributed by atoms with Crippen LogP contribution in [0.15, 0.2) is 30.5 Å². The average Bonchev–Trinajstić information content (AvgIpc) is 3.09. The molecule has 0 unspecified atom stereocenters. The highest BCUT2D eigenvalue weighted by atomic mass is 16.6. The van der Waals surface area contributed by atoms with E-state index in [4.69, 9.17) is 4.74 Å². The molecule has 8 heteroatoms. The number of nitrogens with zero attached hydrogens (tertiary/aromatic N) is 3. The summed E-state index contributed by atoms with van der Waals surface area (Å²) in [4.78, 5) is 0. The molecule has 8 nitrogen and oxygen atoms in total. The number of hydrogen-bond acceptors (Lipinski definition) is 7. The molecule has 2 aromatic rings. The van der Waals surface area contributed by atoms with E-state index in [-0.39, 0.29) is 0 Å². The maximum atomic E-state index is 10.1. The molecule has 4 N–H and O–H groups in total. The Labute approximate surface area is 145 Å². The third-order valence-corrected chi connectivity index (χ3v) is 4.50. The van der Waals surface area contributed by atoms with Gasteiger partial charge in [-0.15, -0.1) is 5.10 Å². The van der Waals surface area contributed by atoms with Crippen LogP contribution in [0.3, 0.4) is 0 Å². The van der Waals surface area contributed by atoms with Crippen molar-refractivity contribution in [3.05, 3.63) is 47.3 Å². The molecule has 1 aromatic carbocycles. The Morgan fingerprint density at radius 3 is 2.36 bits per heavy atom. The standard InChI is InChI=1S/C17H23N3O5/c1-2-10-3-5-11(6-4-10)7-12-8-20(19-18-12)17-16(24)15(23)14(22)13(9-21)25-17/h3-6,8,13-17,21-24H,2,7,9H2,1H3/t13-,14-,15+,16-,17-/m1/s1. The smallest absolute Gasteiger partial charge is 0.180 e. The van der Waals surface area contributed by atoms with E-state index in [1.54, 1.807) is 6.20 Å². The van der Waals surface area contributed by atoms with Crippen molar-refractivity contribution >= 4 is 0 Å². The van der Waals surface area contributed by atoms with Gasteiger partial charge in [0.1, 0.15) is 24.4 Å². The normalized spacial score (nSPS) is 29.7. The number of aliphatic hydroxyl groups excluding tert-OH is 4. The molecule has 0 radical (unpaired) electrons. The van der Waals surface area contributed by atoms with Crippen molar-refractivity contribution in [1.29, 1.82) is 0 Å². The second-order valence-corrected chi connectivity index (χ2v) is 6.26. The minimum atomic E-state index is -1.44. The number of hydrogen-bond donors (Lipinski definition) is 4. The summed E-state index contributed by atoms with van der Waals surface area (Å²) in [7, 11) is 0. The largest absolute Gasteiger partial charge is 0.394 e. The molecule has 5 atom stereocenters. The number of benzene rings is 1. The molecule has 25 heavy (non-hydrogen) atoms. The fraction of sp³-hybridized carbons (Fsp3) is 0.529. The molecular formula is C17H23N3O5. The van der Waals surface area contributed by atoms with Crippen LogP contribution < -0.4 is 0 Å². The lowest BCUT2D eigenvalue weighted by molar-refractivity contribution is -0.254. The lowest BCUT2D eigenvalue weighted by atomic mass is 9.98. The summed E-state index contributed by atoms with van der Waals surface area (Å²) in [5.41, 5.74) is 3.02. The summed E-state index contributed by atoms with van der Waals surface area (Å²) < 4.78 is 6.76. The Bertz CT molecular complexity index is 688. The summed E-state index contributed by atoms with van der Waals surface area (Å²) in [5, 5.41) is 47.1. The first-order valence-electron chi connectivity index (χ1n) is 8.32. The molecule has 1 saturated heterocycles. The van der Waals surface area contributed by atoms with Crippen molar-refractivity contribution in [3.63, 3.8) is 0 Å². The van der Waals surface area contributed by atoms with E-state index in [0.29, 0.717) is 12.1 Å². The lowest BCUT2D eigenvalue weighted by Crippen LogP contribution is -2.56. The Morgan fingerprint density at radius 1 is 1.04 bits per heavy atom. The Morgan fingerprint density at radius 2 is 1.72 bits per heavy atom. The first-order valence-corrected chi connectivity index (χ1v) is 8.32. The number of aromatic nitrogens is 3. The van der Waals surface area contributed by atoms with E-state index in [2.05, 4.69) is 29.4 Å². The Kier molecular flexibility index (Phi) is 5.45. The Hall–Kier alpha value is -1.84. The summed E-state index contributed by atoms with van der Waals surface area (Å²) in [6, 6.07) is 8.20. The molecule has 1 aliphatic heterocycles. The van der Waals surface area contributed by atoms with Gasteiger partial charge in [-0.25, -0.2) is 4.68 Å². The fourth-order valence-electron chi connectivity index (χ4n) is 2.92. The van der Waals surface area contributed by atoms with Crippen LogP contribution in [-0.2, 0) is 17.6 Å². The van der Waals surface area contributed by atoms with Crippen molar-refractivity contribution in [2.75, 3.05) is 6.61 Å². The van der Waals surface area contributed by atoms with Crippen LogP contribution in [0.1, 0.15) is 30.0 Å². The van der Waals surface area contributed by atoms with E-state index < -0.39 is 37.3 Å². The molecule has 136 valence electrons. The van der Waals surface area contributed by atoms with Crippen LogP contribution >= 0.6 is 0 Å². The maximum absolute atomic E-state index is 10.1. The van der Waals surface area contributed by atoms with Gasteiger partial charge in [-0.05, 0) is 17.5 Å². The van der Waals surface area contributed by atoms with Gasteiger partial charge in [0.05, 0.1) is 18.5 Å². The van der Waals surface area contributed by atoms with Crippen molar-refractivity contribution in [2.24, 2.45) is 0 Å². The van der Waals surface area contributed by atoms with Gasteiger partial charge in [0, 0.05) is 6.42 Å². The topological polar surface area (TPSA) is 121 Å². The first-order chi connectivity index (χ1) is 12.0. The minimum Gasteiger partial charge on any atom is -0.394 e. The molecule has 1 aliphatic rings. The zero-order valence-electron chi connectivity index (χ0n) is 13.9. The van der Waals surface area contributed by atoms with Gasteiger partial charge in [-0.3, -0.25) is 0 Å². The molecule has 1 fully saturated rings.